The zero-order valence-corrected chi connectivity index (χ0v) is 20.3. The molecule has 0 aromatic heterocycles. The maximum atomic E-state index is 12.0. The maximum Gasteiger partial charge on any atom is 0.319 e. The highest BCUT2D eigenvalue weighted by Gasteiger charge is 2.06. The molecular weight excluding hydrogens is 432 g/mol. The highest BCUT2D eigenvalue weighted by atomic mass is 16.5. The summed E-state index contributed by atoms with van der Waals surface area (Å²) in [6, 6.07) is 14.3. The van der Waals surface area contributed by atoms with Crippen molar-refractivity contribution in [3.8, 4) is 11.5 Å². The number of urea groups is 2. The van der Waals surface area contributed by atoms with Crippen LogP contribution in [0.2, 0.25) is 0 Å². The Hall–Kier alpha value is -3.42. The SMILES string of the molecule is COc1ccccc1NC(=O)NCCCCCCCCCCNC(=O)Nc1ccccc1OC. The van der Waals surface area contributed by atoms with Crippen LogP contribution in [0, 0.1) is 0 Å². The van der Waals surface area contributed by atoms with Gasteiger partial charge >= 0.3 is 12.1 Å². The number of hydrogen-bond donors (Lipinski definition) is 4. The normalized spacial score (nSPS) is 10.3. The molecule has 0 unspecified atom stereocenters. The second-order valence-corrected chi connectivity index (χ2v) is 7.99. The fourth-order valence-corrected chi connectivity index (χ4v) is 3.54. The lowest BCUT2D eigenvalue weighted by Crippen LogP contribution is -2.29. The Morgan fingerprint density at radius 3 is 1.32 bits per heavy atom. The Balaban J connectivity index is 1.40. The summed E-state index contributed by atoms with van der Waals surface area (Å²) < 4.78 is 10.5. The maximum absolute atomic E-state index is 12.0. The van der Waals surface area contributed by atoms with E-state index in [4.69, 9.17) is 9.47 Å². The minimum Gasteiger partial charge on any atom is -0.495 e. The molecule has 0 saturated heterocycles. The molecule has 2 rings (SSSR count). The molecule has 34 heavy (non-hydrogen) atoms. The summed E-state index contributed by atoms with van der Waals surface area (Å²) in [5, 5.41) is 11.4. The molecule has 0 spiro atoms. The van der Waals surface area contributed by atoms with Crippen LogP contribution < -0.4 is 30.7 Å². The Bertz CT molecular complexity index is 804. The second-order valence-electron chi connectivity index (χ2n) is 7.99. The van der Waals surface area contributed by atoms with Gasteiger partial charge in [-0.05, 0) is 37.1 Å². The molecule has 0 heterocycles. The number of unbranched alkanes of at least 4 members (excludes halogenated alkanes) is 7. The molecule has 0 bridgehead atoms. The molecule has 4 N–H and O–H groups in total. The summed E-state index contributed by atoms with van der Waals surface area (Å²) in [7, 11) is 3.16. The number of para-hydroxylation sites is 4. The standard InChI is InChI=1S/C26H38N4O4/c1-33-23-17-11-9-15-21(23)29-25(31)27-19-13-7-5-3-4-6-8-14-20-28-26(32)30-22-16-10-12-18-24(22)34-2/h9-12,15-18H,3-8,13-14,19-20H2,1-2H3,(H2,27,29,31)(H2,28,30,32). The highest BCUT2D eigenvalue weighted by Crippen LogP contribution is 2.23. The van der Waals surface area contributed by atoms with Crippen molar-refractivity contribution in [3.05, 3.63) is 48.5 Å². The molecule has 2 aromatic carbocycles. The summed E-state index contributed by atoms with van der Waals surface area (Å²) in [5.41, 5.74) is 1.32. The molecule has 0 fully saturated rings. The zero-order chi connectivity index (χ0) is 24.4. The lowest BCUT2D eigenvalue weighted by molar-refractivity contribution is 0.251. The number of rotatable bonds is 15. The largest absolute Gasteiger partial charge is 0.495 e. The van der Waals surface area contributed by atoms with E-state index in [1.54, 1.807) is 14.2 Å². The van der Waals surface area contributed by atoms with Crippen LogP contribution >= 0.6 is 0 Å². The predicted octanol–water partition coefficient (Wildman–Crippen LogP) is 5.77. The Labute approximate surface area is 202 Å². The number of carbonyl (C=O) groups excluding carboxylic acids is 2. The van der Waals surface area contributed by atoms with E-state index < -0.39 is 0 Å². The summed E-state index contributed by atoms with van der Waals surface area (Å²) in [6.45, 7) is 1.31. The van der Waals surface area contributed by atoms with E-state index in [-0.39, 0.29) is 12.1 Å². The number of benzene rings is 2. The van der Waals surface area contributed by atoms with E-state index >= 15 is 0 Å². The minimum absolute atomic E-state index is 0.213. The Morgan fingerprint density at radius 1 is 0.588 bits per heavy atom. The van der Waals surface area contributed by atoms with Gasteiger partial charge in [-0.2, -0.15) is 0 Å². The number of anilines is 2. The molecular formula is C26H38N4O4. The molecule has 0 saturated carbocycles. The zero-order valence-electron chi connectivity index (χ0n) is 20.3. The van der Waals surface area contributed by atoms with Gasteiger partial charge in [-0.15, -0.1) is 0 Å². The third-order valence-corrected chi connectivity index (χ3v) is 5.39. The van der Waals surface area contributed by atoms with E-state index in [1.807, 2.05) is 48.5 Å². The van der Waals surface area contributed by atoms with Gasteiger partial charge in [-0.25, -0.2) is 9.59 Å². The first kappa shape index (κ1) is 26.8. The van der Waals surface area contributed by atoms with Crippen molar-refractivity contribution in [3.63, 3.8) is 0 Å². The van der Waals surface area contributed by atoms with Crippen LogP contribution in [0.25, 0.3) is 0 Å². The van der Waals surface area contributed by atoms with E-state index in [0.717, 1.165) is 38.5 Å². The number of amides is 4. The molecule has 0 radical (unpaired) electrons. The number of ether oxygens (including phenoxy) is 2. The van der Waals surface area contributed by atoms with E-state index in [1.165, 1.54) is 12.8 Å². The number of carbonyl (C=O) groups is 2. The molecule has 8 heteroatoms. The van der Waals surface area contributed by atoms with E-state index in [9.17, 15) is 9.59 Å². The molecule has 0 atom stereocenters. The summed E-state index contributed by atoms with van der Waals surface area (Å²) in [6.07, 6.45) is 8.82. The molecule has 2 aromatic rings. The smallest absolute Gasteiger partial charge is 0.319 e. The summed E-state index contributed by atoms with van der Waals surface area (Å²) in [4.78, 5) is 24.0. The van der Waals surface area contributed by atoms with Crippen LogP contribution in [-0.2, 0) is 0 Å². The van der Waals surface area contributed by atoms with Gasteiger partial charge in [0.25, 0.3) is 0 Å². The van der Waals surface area contributed by atoms with Crippen LogP contribution in [0.5, 0.6) is 11.5 Å². The van der Waals surface area contributed by atoms with Gasteiger partial charge in [-0.3, -0.25) is 0 Å². The van der Waals surface area contributed by atoms with Crippen molar-refractivity contribution in [2.75, 3.05) is 37.9 Å². The monoisotopic (exact) mass is 470 g/mol. The van der Waals surface area contributed by atoms with Crippen LogP contribution in [0.3, 0.4) is 0 Å². The van der Waals surface area contributed by atoms with Gasteiger partial charge in [0.2, 0.25) is 0 Å². The van der Waals surface area contributed by atoms with Crippen LogP contribution in [0.15, 0.2) is 48.5 Å². The van der Waals surface area contributed by atoms with Gasteiger partial charge in [0.05, 0.1) is 25.6 Å². The predicted molar refractivity (Wildman–Crippen MR) is 137 cm³/mol. The molecule has 0 aliphatic rings. The third-order valence-electron chi connectivity index (χ3n) is 5.39. The van der Waals surface area contributed by atoms with Gasteiger partial charge in [0, 0.05) is 13.1 Å². The Morgan fingerprint density at radius 2 is 0.941 bits per heavy atom. The van der Waals surface area contributed by atoms with Crippen molar-refractivity contribution < 1.29 is 19.1 Å². The number of methoxy groups -OCH3 is 2. The van der Waals surface area contributed by atoms with Crippen LogP contribution in [-0.4, -0.2) is 39.4 Å². The first-order valence-electron chi connectivity index (χ1n) is 12.0. The highest BCUT2D eigenvalue weighted by molar-refractivity contribution is 5.91. The van der Waals surface area contributed by atoms with Crippen LogP contribution in [0.1, 0.15) is 51.4 Å². The average Bonchev–Trinajstić information content (AvgIpc) is 2.85. The fraction of sp³-hybridized carbons (Fsp3) is 0.462. The van der Waals surface area contributed by atoms with Gasteiger partial charge in [0.1, 0.15) is 11.5 Å². The summed E-state index contributed by atoms with van der Waals surface area (Å²) in [5.74, 6) is 1.29. The third kappa shape index (κ3) is 10.5. The average molecular weight is 471 g/mol. The molecule has 0 aliphatic carbocycles. The van der Waals surface area contributed by atoms with Gasteiger partial charge in [-0.1, -0.05) is 62.8 Å². The molecule has 186 valence electrons. The molecule has 8 nitrogen and oxygen atoms in total. The minimum atomic E-state index is -0.213. The summed E-state index contributed by atoms with van der Waals surface area (Å²) >= 11 is 0. The molecule has 4 amide bonds. The second kappa shape index (κ2) is 16.2. The first-order chi connectivity index (χ1) is 16.6. The van der Waals surface area contributed by atoms with Gasteiger partial charge < -0.3 is 30.7 Å². The van der Waals surface area contributed by atoms with Crippen molar-refractivity contribution >= 4 is 23.4 Å². The first-order valence-corrected chi connectivity index (χ1v) is 12.0. The van der Waals surface area contributed by atoms with Crippen molar-refractivity contribution in [1.82, 2.24) is 10.6 Å². The van der Waals surface area contributed by atoms with E-state index in [2.05, 4.69) is 21.3 Å². The number of nitrogens with one attached hydrogen (secondary N) is 4. The lowest BCUT2D eigenvalue weighted by Gasteiger charge is -2.11. The topological polar surface area (TPSA) is 101 Å². The quantitative estimate of drug-likeness (QED) is 0.248. The van der Waals surface area contributed by atoms with Crippen molar-refractivity contribution in [1.29, 1.82) is 0 Å². The lowest BCUT2D eigenvalue weighted by atomic mass is 10.1. The molecule has 0 aliphatic heterocycles. The Kier molecular flexibility index (Phi) is 12.8. The fourth-order valence-electron chi connectivity index (χ4n) is 3.54. The number of hydrogen-bond acceptors (Lipinski definition) is 4. The van der Waals surface area contributed by atoms with Crippen molar-refractivity contribution in [2.45, 2.75) is 51.4 Å². The van der Waals surface area contributed by atoms with E-state index in [0.29, 0.717) is 36.0 Å². The van der Waals surface area contributed by atoms with Gasteiger partial charge in [0.15, 0.2) is 0 Å². The van der Waals surface area contributed by atoms with Crippen LogP contribution in [0.4, 0.5) is 21.0 Å². The van der Waals surface area contributed by atoms with Crippen molar-refractivity contribution in [2.24, 2.45) is 0 Å².